The van der Waals surface area contributed by atoms with Crippen LogP contribution in [-0.2, 0) is 10.8 Å². The minimum atomic E-state index is -0.161. The molecule has 9 aromatic carbocycles. The molecule has 2 nitrogen and oxygen atoms in total. The molecule has 0 aliphatic heterocycles. The van der Waals surface area contributed by atoms with Crippen LogP contribution in [0, 0.1) is 0 Å². The van der Waals surface area contributed by atoms with Crippen LogP contribution in [0.25, 0.3) is 100.0 Å². The minimum Gasteiger partial charge on any atom is -0.228 e. The summed E-state index contributed by atoms with van der Waals surface area (Å²) >= 11 is 0. The lowest BCUT2D eigenvalue weighted by atomic mass is 9.81. The molecule has 2 aliphatic rings. The molecule has 294 valence electrons. The van der Waals surface area contributed by atoms with Crippen molar-refractivity contribution in [1.82, 2.24) is 9.97 Å². The van der Waals surface area contributed by atoms with Gasteiger partial charge in [-0.3, -0.25) is 0 Å². The zero-order valence-corrected chi connectivity index (χ0v) is 35.4. The SMILES string of the molecule is CC1(C)c2ccccc2-c2ccc(-c3ccccc3-c3ccc(-c4cc(-c5cccc6c5-c5cc7ccccc7cc5C6(C)C)nc(-c5ccccc5)n4)c4ccccc34)cc21. The fourth-order valence-electron chi connectivity index (χ4n) is 10.7. The highest BCUT2D eigenvalue weighted by atomic mass is 14.9. The molecule has 0 spiro atoms. The maximum absolute atomic E-state index is 5.39. The molecule has 1 heterocycles. The number of aromatic nitrogens is 2. The molecule has 10 aromatic rings. The van der Waals surface area contributed by atoms with Gasteiger partial charge in [0.2, 0.25) is 0 Å². The van der Waals surface area contributed by atoms with Gasteiger partial charge in [-0.25, -0.2) is 9.97 Å². The molecule has 2 heteroatoms. The first kappa shape index (κ1) is 36.4. The lowest BCUT2D eigenvalue weighted by molar-refractivity contribution is 0.660. The van der Waals surface area contributed by atoms with Gasteiger partial charge in [-0.1, -0.05) is 198 Å². The van der Waals surface area contributed by atoms with E-state index in [0.29, 0.717) is 5.82 Å². The van der Waals surface area contributed by atoms with E-state index in [4.69, 9.17) is 9.97 Å². The van der Waals surface area contributed by atoms with E-state index in [1.165, 1.54) is 82.9 Å². The zero-order chi connectivity index (χ0) is 41.7. The Bertz CT molecular complexity index is 3460. The van der Waals surface area contributed by atoms with Crippen LogP contribution in [0.2, 0.25) is 0 Å². The van der Waals surface area contributed by atoms with E-state index in [0.717, 1.165) is 33.5 Å². The van der Waals surface area contributed by atoms with Crippen molar-refractivity contribution in [2.45, 2.75) is 38.5 Å². The summed E-state index contributed by atoms with van der Waals surface area (Å²) in [4.78, 5) is 10.8. The van der Waals surface area contributed by atoms with Crippen LogP contribution >= 0.6 is 0 Å². The Kier molecular flexibility index (Phi) is 7.96. The van der Waals surface area contributed by atoms with Gasteiger partial charge in [-0.15, -0.1) is 0 Å². The molecule has 0 saturated heterocycles. The first-order valence-corrected chi connectivity index (χ1v) is 21.7. The summed E-state index contributed by atoms with van der Waals surface area (Å²) in [6, 6.07) is 71.1. The molecule has 1 aromatic heterocycles. The second-order valence-corrected chi connectivity index (χ2v) is 18.1. The second kappa shape index (κ2) is 13.5. The van der Waals surface area contributed by atoms with Crippen LogP contribution < -0.4 is 0 Å². The van der Waals surface area contributed by atoms with Gasteiger partial charge >= 0.3 is 0 Å². The number of rotatable bonds is 5. The molecule has 62 heavy (non-hydrogen) atoms. The van der Waals surface area contributed by atoms with Gasteiger partial charge in [0.15, 0.2) is 5.82 Å². The van der Waals surface area contributed by atoms with Crippen molar-refractivity contribution in [2.75, 3.05) is 0 Å². The third kappa shape index (κ3) is 5.43. The Hall–Kier alpha value is -7.42. The first-order valence-electron chi connectivity index (χ1n) is 21.7. The Labute approximate surface area is 363 Å². The van der Waals surface area contributed by atoms with Crippen molar-refractivity contribution in [3.8, 4) is 78.4 Å². The Morgan fingerprint density at radius 1 is 0.306 bits per heavy atom. The van der Waals surface area contributed by atoms with Crippen molar-refractivity contribution in [3.63, 3.8) is 0 Å². The largest absolute Gasteiger partial charge is 0.228 e. The maximum Gasteiger partial charge on any atom is 0.160 e. The number of hydrogen-bond donors (Lipinski definition) is 0. The van der Waals surface area contributed by atoms with Gasteiger partial charge in [0.25, 0.3) is 0 Å². The topological polar surface area (TPSA) is 25.8 Å². The van der Waals surface area contributed by atoms with Crippen molar-refractivity contribution in [1.29, 1.82) is 0 Å². The molecule has 0 atom stereocenters. The van der Waals surface area contributed by atoms with Gasteiger partial charge < -0.3 is 0 Å². The summed E-state index contributed by atoms with van der Waals surface area (Å²) in [5.74, 6) is 0.715. The van der Waals surface area contributed by atoms with Gasteiger partial charge in [-0.2, -0.15) is 0 Å². The molecule has 0 radical (unpaired) electrons. The number of benzene rings is 9. The average Bonchev–Trinajstić information content (AvgIpc) is 3.69. The van der Waals surface area contributed by atoms with Crippen LogP contribution in [0.3, 0.4) is 0 Å². The first-order chi connectivity index (χ1) is 30.3. The smallest absolute Gasteiger partial charge is 0.160 e. The molecule has 0 unspecified atom stereocenters. The standard InChI is InChI=1S/C60H44N2/c1-59(2)51-27-15-14-25-46(51)47-30-29-40(35-53(47)59)41-21-10-11-22-42(41)45-31-32-48(44-24-13-12-23-43(44)45)55-36-56(62-58(61-55)37-17-6-5-7-18-37)49-26-16-28-52-57(49)50-33-38-19-8-9-20-39(38)34-54(50)60(52,3)4/h5-36H,1-4H3. The van der Waals surface area contributed by atoms with E-state index in [2.05, 4.69) is 216 Å². The fourth-order valence-corrected chi connectivity index (χ4v) is 10.7. The summed E-state index contributed by atoms with van der Waals surface area (Å²) in [5.41, 5.74) is 20.3. The van der Waals surface area contributed by atoms with Gasteiger partial charge in [0, 0.05) is 27.5 Å². The van der Waals surface area contributed by atoms with Crippen molar-refractivity contribution < 1.29 is 0 Å². The highest BCUT2D eigenvalue weighted by Gasteiger charge is 2.38. The molecule has 0 amide bonds. The molecular formula is C60H44N2. The molecule has 0 saturated carbocycles. The summed E-state index contributed by atoms with van der Waals surface area (Å²) in [7, 11) is 0. The highest BCUT2D eigenvalue weighted by molar-refractivity contribution is 6.07. The highest BCUT2D eigenvalue weighted by Crippen LogP contribution is 2.54. The Morgan fingerprint density at radius 3 is 1.63 bits per heavy atom. The molecule has 0 bridgehead atoms. The van der Waals surface area contributed by atoms with Crippen LogP contribution in [-0.4, -0.2) is 9.97 Å². The second-order valence-electron chi connectivity index (χ2n) is 18.1. The van der Waals surface area contributed by atoms with Crippen molar-refractivity contribution >= 4 is 21.5 Å². The number of nitrogens with zero attached hydrogens (tertiary/aromatic N) is 2. The van der Waals surface area contributed by atoms with Crippen molar-refractivity contribution in [3.05, 3.63) is 216 Å². The van der Waals surface area contributed by atoms with E-state index in [-0.39, 0.29) is 10.8 Å². The van der Waals surface area contributed by atoms with Crippen LogP contribution in [0.5, 0.6) is 0 Å². The predicted molar refractivity (Wildman–Crippen MR) is 259 cm³/mol. The monoisotopic (exact) mass is 792 g/mol. The average molecular weight is 793 g/mol. The van der Waals surface area contributed by atoms with E-state index < -0.39 is 0 Å². The number of fused-ring (bicyclic) bond motifs is 8. The predicted octanol–water partition coefficient (Wildman–Crippen LogP) is 15.7. The van der Waals surface area contributed by atoms with Gasteiger partial charge in [0.05, 0.1) is 11.4 Å². The summed E-state index contributed by atoms with van der Waals surface area (Å²) in [6.07, 6.45) is 0. The van der Waals surface area contributed by atoms with E-state index in [1.807, 2.05) is 6.07 Å². The van der Waals surface area contributed by atoms with E-state index in [1.54, 1.807) is 0 Å². The Morgan fingerprint density at radius 2 is 0.839 bits per heavy atom. The van der Waals surface area contributed by atoms with E-state index >= 15 is 0 Å². The van der Waals surface area contributed by atoms with Crippen LogP contribution in [0.15, 0.2) is 194 Å². The lowest BCUT2D eigenvalue weighted by Crippen LogP contribution is -2.14. The van der Waals surface area contributed by atoms with E-state index in [9.17, 15) is 0 Å². The third-order valence-corrected chi connectivity index (χ3v) is 13.9. The van der Waals surface area contributed by atoms with Gasteiger partial charge in [-0.05, 0) is 113 Å². The molecule has 0 N–H and O–H groups in total. The zero-order valence-electron chi connectivity index (χ0n) is 35.4. The molecule has 2 aliphatic carbocycles. The van der Waals surface area contributed by atoms with Gasteiger partial charge in [0.1, 0.15) is 0 Å². The summed E-state index contributed by atoms with van der Waals surface area (Å²) in [6.45, 7) is 9.42. The quantitative estimate of drug-likeness (QED) is 0.173. The van der Waals surface area contributed by atoms with Crippen molar-refractivity contribution in [2.24, 2.45) is 0 Å². The lowest BCUT2D eigenvalue weighted by Gasteiger charge is -2.22. The third-order valence-electron chi connectivity index (χ3n) is 13.9. The van der Waals surface area contributed by atoms with Crippen LogP contribution in [0.1, 0.15) is 49.9 Å². The summed E-state index contributed by atoms with van der Waals surface area (Å²) in [5, 5.41) is 4.86. The summed E-state index contributed by atoms with van der Waals surface area (Å²) < 4.78 is 0. The van der Waals surface area contributed by atoms with Crippen LogP contribution in [0.4, 0.5) is 0 Å². The Balaban J connectivity index is 1.03. The maximum atomic E-state index is 5.39. The number of hydrogen-bond acceptors (Lipinski definition) is 2. The molecular weight excluding hydrogens is 749 g/mol. The minimum absolute atomic E-state index is 0.0754. The normalized spacial score (nSPS) is 14.1. The fraction of sp³-hybridized carbons (Fsp3) is 0.100. The molecule has 0 fully saturated rings. The molecule has 12 rings (SSSR count).